The molecule has 0 bridgehead atoms. The Kier molecular flexibility index (Phi) is 6.73. The number of para-hydroxylation sites is 1. The number of fused-ring (bicyclic) bond motifs is 1. The lowest BCUT2D eigenvalue weighted by Crippen LogP contribution is -2.19. The van der Waals surface area contributed by atoms with E-state index in [0.717, 1.165) is 16.1 Å². The van der Waals surface area contributed by atoms with Gasteiger partial charge in [0.25, 0.3) is 0 Å². The molecule has 4 N–H and O–H groups in total. The van der Waals surface area contributed by atoms with Crippen LogP contribution in [0.15, 0.2) is 96.3 Å². The highest BCUT2D eigenvalue weighted by molar-refractivity contribution is 7.98. The van der Waals surface area contributed by atoms with Crippen LogP contribution in [0.5, 0.6) is 0 Å². The fourth-order valence-electron chi connectivity index (χ4n) is 3.78. The minimum absolute atomic E-state index is 0.198. The van der Waals surface area contributed by atoms with E-state index in [1.807, 2.05) is 71.6 Å². The molecule has 0 saturated heterocycles. The first-order chi connectivity index (χ1) is 18.0. The number of amides is 2. The van der Waals surface area contributed by atoms with Crippen molar-refractivity contribution in [3.05, 3.63) is 97.0 Å². The van der Waals surface area contributed by atoms with Gasteiger partial charge in [-0.2, -0.15) is 0 Å². The molecule has 0 radical (unpaired) electrons. The average molecular weight is 511 g/mol. The maximum Gasteiger partial charge on any atom is 0.335 e. The van der Waals surface area contributed by atoms with Gasteiger partial charge in [-0.25, -0.2) is 19.6 Å². The Morgan fingerprint density at radius 2 is 1.76 bits per heavy atom. The number of hydrogen-bond donors (Lipinski definition) is 4. The molecule has 0 aliphatic heterocycles. The summed E-state index contributed by atoms with van der Waals surface area (Å²) in [5.74, 6) is -0.478. The third kappa shape index (κ3) is 5.39. The quantitative estimate of drug-likeness (QED) is 0.192. The molecule has 0 atom stereocenters. The summed E-state index contributed by atoms with van der Waals surface area (Å²) >= 11 is 1.56. The number of carbonyl (C=O) groups is 2. The highest BCUT2D eigenvalue weighted by Crippen LogP contribution is 2.27. The molecule has 2 aromatic heterocycles. The topological polar surface area (TPSA) is 121 Å². The molecule has 9 nitrogen and oxygen atoms in total. The van der Waals surface area contributed by atoms with Crippen molar-refractivity contribution in [3.8, 4) is 11.3 Å². The van der Waals surface area contributed by atoms with E-state index in [4.69, 9.17) is 10.1 Å². The van der Waals surface area contributed by atoms with E-state index in [1.165, 1.54) is 12.1 Å². The zero-order valence-electron chi connectivity index (χ0n) is 19.7. The minimum atomic E-state index is -0.988. The smallest absolute Gasteiger partial charge is 0.335 e. The fraction of sp³-hybridized carbons (Fsp3) is 0.0370. The number of hydrogen-bond acceptors (Lipinski definition) is 6. The van der Waals surface area contributed by atoms with Crippen molar-refractivity contribution in [2.24, 2.45) is 0 Å². The summed E-state index contributed by atoms with van der Waals surface area (Å²) in [6, 6.07) is 21.1. The Bertz CT molecular complexity index is 1600. The summed E-state index contributed by atoms with van der Waals surface area (Å²) in [5, 5.41) is 18.1. The van der Waals surface area contributed by atoms with Gasteiger partial charge >= 0.3 is 12.0 Å². The number of carboxylic acid groups (broad SMARTS) is 1. The van der Waals surface area contributed by atoms with Gasteiger partial charge in [0.2, 0.25) is 0 Å². The third-order valence-corrected chi connectivity index (χ3v) is 6.34. The summed E-state index contributed by atoms with van der Waals surface area (Å²) in [6.45, 7) is 0. The normalized spacial score (nSPS) is 10.7. The van der Waals surface area contributed by atoms with Crippen LogP contribution in [0.4, 0.5) is 27.7 Å². The number of rotatable bonds is 7. The van der Waals surface area contributed by atoms with E-state index in [1.54, 1.807) is 30.1 Å². The summed E-state index contributed by atoms with van der Waals surface area (Å²) in [4.78, 5) is 33.9. The van der Waals surface area contributed by atoms with Crippen molar-refractivity contribution < 1.29 is 14.7 Å². The highest BCUT2D eigenvalue weighted by Gasteiger charge is 2.12. The number of carboxylic acids is 1. The van der Waals surface area contributed by atoms with E-state index in [2.05, 4.69) is 20.9 Å². The molecule has 2 amide bonds. The molecule has 5 rings (SSSR count). The molecular weight excluding hydrogens is 488 g/mol. The van der Waals surface area contributed by atoms with Crippen LogP contribution < -0.4 is 16.0 Å². The van der Waals surface area contributed by atoms with Gasteiger partial charge in [0.05, 0.1) is 16.9 Å². The van der Waals surface area contributed by atoms with Gasteiger partial charge in [-0.1, -0.05) is 24.3 Å². The Morgan fingerprint density at radius 1 is 0.946 bits per heavy atom. The van der Waals surface area contributed by atoms with Crippen LogP contribution in [0.25, 0.3) is 16.9 Å². The van der Waals surface area contributed by atoms with Crippen LogP contribution in [0.1, 0.15) is 10.4 Å². The van der Waals surface area contributed by atoms with Gasteiger partial charge in [-0.05, 0) is 54.8 Å². The fourth-order valence-corrected chi connectivity index (χ4v) is 4.33. The third-order valence-electron chi connectivity index (χ3n) is 5.54. The minimum Gasteiger partial charge on any atom is -0.478 e. The number of imidazole rings is 1. The molecular formula is C27H22N6O3S. The zero-order valence-corrected chi connectivity index (χ0v) is 20.5. The second kappa shape index (κ2) is 10.4. The van der Waals surface area contributed by atoms with E-state index in [0.29, 0.717) is 28.5 Å². The first kappa shape index (κ1) is 23.9. The predicted octanol–water partition coefficient (Wildman–Crippen LogP) is 6.20. The number of benzene rings is 3. The van der Waals surface area contributed by atoms with Gasteiger partial charge in [0.15, 0.2) is 11.5 Å². The number of aromatic nitrogens is 3. The van der Waals surface area contributed by atoms with Crippen LogP contribution in [0.3, 0.4) is 0 Å². The largest absolute Gasteiger partial charge is 0.478 e. The van der Waals surface area contributed by atoms with E-state index < -0.39 is 5.97 Å². The lowest BCUT2D eigenvalue weighted by atomic mass is 10.1. The van der Waals surface area contributed by atoms with Gasteiger partial charge in [-0.3, -0.25) is 0 Å². The maximum atomic E-state index is 12.7. The first-order valence-electron chi connectivity index (χ1n) is 11.3. The van der Waals surface area contributed by atoms with E-state index in [9.17, 15) is 9.59 Å². The maximum absolute atomic E-state index is 12.7. The van der Waals surface area contributed by atoms with Crippen LogP contribution >= 0.6 is 11.8 Å². The molecule has 184 valence electrons. The van der Waals surface area contributed by atoms with Gasteiger partial charge in [0, 0.05) is 40.4 Å². The molecule has 3 aromatic carbocycles. The second-order valence-corrected chi connectivity index (χ2v) is 8.85. The summed E-state index contributed by atoms with van der Waals surface area (Å²) < 4.78 is 1.85. The average Bonchev–Trinajstić information content (AvgIpc) is 3.39. The molecule has 10 heteroatoms. The molecule has 0 aliphatic carbocycles. The van der Waals surface area contributed by atoms with E-state index in [-0.39, 0.29) is 11.6 Å². The summed E-state index contributed by atoms with van der Waals surface area (Å²) in [7, 11) is 0. The summed E-state index contributed by atoms with van der Waals surface area (Å²) in [5.41, 5.74) is 4.30. The van der Waals surface area contributed by atoms with Crippen LogP contribution in [-0.2, 0) is 0 Å². The molecule has 0 fully saturated rings. The highest BCUT2D eigenvalue weighted by atomic mass is 32.2. The van der Waals surface area contributed by atoms with Crippen LogP contribution in [-0.4, -0.2) is 37.7 Å². The number of anilines is 4. The zero-order chi connectivity index (χ0) is 25.8. The Morgan fingerprint density at radius 3 is 2.54 bits per heavy atom. The van der Waals surface area contributed by atoms with Crippen molar-refractivity contribution in [3.63, 3.8) is 0 Å². The number of thioether (sulfide) groups is 1. The first-order valence-corrected chi connectivity index (χ1v) is 12.5. The molecule has 2 heterocycles. The lowest BCUT2D eigenvalue weighted by Gasteiger charge is -2.12. The van der Waals surface area contributed by atoms with Crippen molar-refractivity contribution >= 4 is 52.3 Å². The van der Waals surface area contributed by atoms with Crippen LogP contribution in [0, 0.1) is 0 Å². The summed E-state index contributed by atoms with van der Waals surface area (Å²) in [6.07, 6.45) is 7.31. The molecule has 0 spiro atoms. The number of aromatic carboxylic acids is 1. The van der Waals surface area contributed by atoms with Gasteiger partial charge < -0.3 is 25.5 Å². The molecule has 0 aliphatic rings. The number of nitrogens with zero attached hydrogens (tertiary/aromatic N) is 3. The standard InChI is InChI=1S/C27H22N6O3S/c1-37-23-8-3-2-7-21(23)32-27(36)30-20-6-4-5-18(15-20)22-16-33-14-13-28-25(33)24(31-22)29-19-11-9-17(10-12-19)26(34)35/h2-16H,1H3,(H,29,31)(H,34,35)(H2,30,32,36). The predicted molar refractivity (Wildman–Crippen MR) is 146 cm³/mol. The Balaban J connectivity index is 1.39. The van der Waals surface area contributed by atoms with Crippen molar-refractivity contribution in [1.82, 2.24) is 14.4 Å². The Labute approximate surface area is 216 Å². The molecule has 5 aromatic rings. The molecule has 0 unspecified atom stereocenters. The number of nitrogens with one attached hydrogen (secondary N) is 3. The number of urea groups is 1. The second-order valence-electron chi connectivity index (χ2n) is 8.00. The van der Waals surface area contributed by atoms with Crippen molar-refractivity contribution in [2.45, 2.75) is 4.90 Å². The van der Waals surface area contributed by atoms with Crippen molar-refractivity contribution in [2.75, 3.05) is 22.2 Å². The molecule has 37 heavy (non-hydrogen) atoms. The Hall–Kier alpha value is -4.83. The monoisotopic (exact) mass is 510 g/mol. The SMILES string of the molecule is CSc1ccccc1NC(=O)Nc1cccc(-c2cn3ccnc3c(Nc3ccc(C(=O)O)cc3)n2)c1. The van der Waals surface area contributed by atoms with Gasteiger partial charge in [0.1, 0.15) is 0 Å². The van der Waals surface area contributed by atoms with Gasteiger partial charge in [-0.15, -0.1) is 11.8 Å². The van der Waals surface area contributed by atoms with Crippen LogP contribution in [0.2, 0.25) is 0 Å². The number of carbonyl (C=O) groups excluding carboxylic acids is 1. The van der Waals surface area contributed by atoms with Crippen molar-refractivity contribution in [1.29, 1.82) is 0 Å². The lowest BCUT2D eigenvalue weighted by molar-refractivity contribution is 0.0697. The van der Waals surface area contributed by atoms with E-state index >= 15 is 0 Å². The molecule has 0 saturated carbocycles.